The lowest BCUT2D eigenvalue weighted by atomic mass is 10.1. The van der Waals surface area contributed by atoms with Crippen molar-refractivity contribution in [1.82, 2.24) is 4.98 Å². The first-order valence-corrected chi connectivity index (χ1v) is 5.52. The van der Waals surface area contributed by atoms with E-state index >= 15 is 0 Å². The van der Waals surface area contributed by atoms with Crippen molar-refractivity contribution in [3.63, 3.8) is 0 Å². The summed E-state index contributed by atoms with van der Waals surface area (Å²) in [6.45, 7) is 0. The maximum absolute atomic E-state index is 11.3. The predicted octanol–water partition coefficient (Wildman–Crippen LogP) is 2.80. The third-order valence-electron chi connectivity index (χ3n) is 2.25. The number of pyridine rings is 1. The average molecular weight is 235 g/mol. The number of hydrogen-bond acceptors (Lipinski definition) is 2. The molecule has 0 atom stereocenters. The van der Waals surface area contributed by atoms with E-state index in [2.05, 4.69) is 10.3 Å². The lowest BCUT2D eigenvalue weighted by molar-refractivity contribution is -0.115. The average Bonchev–Trinajstić information content (AvgIpc) is 2.29. The van der Waals surface area contributed by atoms with E-state index in [4.69, 9.17) is 11.6 Å². The minimum absolute atomic E-state index is 0.0663. The highest BCUT2D eigenvalue weighted by atomic mass is 35.5. The quantitative estimate of drug-likeness (QED) is 0.830. The molecule has 3 nitrogen and oxygen atoms in total. The molecule has 1 N–H and O–H groups in total. The highest BCUT2D eigenvalue weighted by Gasteiger charge is 2.01. The molecule has 0 aliphatic carbocycles. The van der Waals surface area contributed by atoms with E-state index in [0.29, 0.717) is 12.3 Å². The molecule has 82 valence electrons. The fourth-order valence-corrected chi connectivity index (χ4v) is 1.64. The van der Waals surface area contributed by atoms with Crippen LogP contribution >= 0.6 is 11.6 Å². The monoisotopic (exact) mass is 234 g/mol. The van der Waals surface area contributed by atoms with Crippen molar-refractivity contribution in [3.05, 3.63) is 36.7 Å². The van der Waals surface area contributed by atoms with Crippen molar-refractivity contribution in [3.8, 4) is 0 Å². The van der Waals surface area contributed by atoms with Crippen LogP contribution in [0.4, 0.5) is 5.69 Å². The maximum atomic E-state index is 11.3. The number of alkyl halides is 1. The molecule has 0 radical (unpaired) electrons. The molecular formula is C12H11ClN2O. The van der Waals surface area contributed by atoms with Gasteiger partial charge in [-0.15, -0.1) is 11.6 Å². The number of anilines is 1. The van der Waals surface area contributed by atoms with Crippen molar-refractivity contribution in [1.29, 1.82) is 0 Å². The predicted molar refractivity (Wildman–Crippen MR) is 65.7 cm³/mol. The summed E-state index contributed by atoms with van der Waals surface area (Å²) in [6, 6.07) is 7.62. The van der Waals surface area contributed by atoms with Crippen molar-refractivity contribution in [2.45, 2.75) is 6.42 Å². The molecule has 1 heterocycles. The number of halogens is 1. The van der Waals surface area contributed by atoms with Gasteiger partial charge in [-0.25, -0.2) is 0 Å². The minimum Gasteiger partial charge on any atom is -0.326 e. The number of carbonyl (C=O) groups excluding carboxylic acids is 1. The Morgan fingerprint density at radius 1 is 1.31 bits per heavy atom. The molecule has 4 heteroatoms. The Hall–Kier alpha value is -1.61. The van der Waals surface area contributed by atoms with E-state index in [1.165, 1.54) is 0 Å². The lowest BCUT2D eigenvalue weighted by Crippen LogP contribution is -2.11. The fraction of sp³-hybridized carbons (Fsp3) is 0.167. The van der Waals surface area contributed by atoms with Crippen LogP contribution < -0.4 is 5.32 Å². The van der Waals surface area contributed by atoms with E-state index < -0.39 is 0 Å². The minimum atomic E-state index is -0.0663. The van der Waals surface area contributed by atoms with Gasteiger partial charge in [0, 0.05) is 35.8 Å². The maximum Gasteiger partial charge on any atom is 0.225 e. The zero-order chi connectivity index (χ0) is 11.4. The van der Waals surface area contributed by atoms with Gasteiger partial charge < -0.3 is 5.32 Å². The summed E-state index contributed by atoms with van der Waals surface area (Å²) in [4.78, 5) is 15.4. The number of hydrogen-bond donors (Lipinski definition) is 1. The Labute approximate surface area is 98.4 Å². The van der Waals surface area contributed by atoms with Gasteiger partial charge >= 0.3 is 0 Å². The number of aromatic nitrogens is 1. The van der Waals surface area contributed by atoms with Crippen LogP contribution in [0.2, 0.25) is 0 Å². The number of nitrogens with zero attached hydrogens (tertiary/aromatic N) is 1. The molecule has 0 saturated heterocycles. The van der Waals surface area contributed by atoms with Crippen molar-refractivity contribution < 1.29 is 4.79 Å². The van der Waals surface area contributed by atoms with E-state index in [9.17, 15) is 4.79 Å². The van der Waals surface area contributed by atoms with Gasteiger partial charge in [-0.1, -0.05) is 6.07 Å². The van der Waals surface area contributed by atoms with E-state index in [1.54, 1.807) is 12.4 Å². The molecule has 16 heavy (non-hydrogen) atoms. The standard InChI is InChI=1S/C12H11ClN2O/c13-5-3-12(16)15-11-2-1-10-8-14-6-4-9(10)7-11/h1-2,4,6-8H,3,5H2,(H,15,16). The first kappa shape index (κ1) is 10.9. The van der Waals surface area contributed by atoms with Crippen molar-refractivity contribution in [2.24, 2.45) is 0 Å². The second kappa shape index (κ2) is 4.94. The third kappa shape index (κ3) is 2.49. The summed E-state index contributed by atoms with van der Waals surface area (Å²) in [5.41, 5.74) is 0.786. The number of fused-ring (bicyclic) bond motifs is 1. The first-order chi connectivity index (χ1) is 7.79. The molecule has 0 saturated carbocycles. The molecule has 2 rings (SSSR count). The Balaban J connectivity index is 2.22. The molecule has 1 aromatic carbocycles. The Morgan fingerprint density at radius 2 is 2.19 bits per heavy atom. The third-order valence-corrected chi connectivity index (χ3v) is 2.43. The van der Waals surface area contributed by atoms with Gasteiger partial charge in [0.15, 0.2) is 0 Å². The number of carbonyl (C=O) groups is 1. The van der Waals surface area contributed by atoms with Gasteiger partial charge in [0.25, 0.3) is 0 Å². The van der Waals surface area contributed by atoms with Crippen LogP contribution in [0.25, 0.3) is 10.8 Å². The number of benzene rings is 1. The van der Waals surface area contributed by atoms with Crippen LogP contribution in [0.5, 0.6) is 0 Å². The van der Waals surface area contributed by atoms with E-state index in [-0.39, 0.29) is 5.91 Å². The highest BCUT2D eigenvalue weighted by Crippen LogP contribution is 2.17. The molecule has 0 aliphatic heterocycles. The summed E-state index contributed by atoms with van der Waals surface area (Å²) < 4.78 is 0. The molecule has 2 aromatic rings. The molecule has 1 aromatic heterocycles. The molecule has 0 aliphatic rings. The first-order valence-electron chi connectivity index (χ1n) is 4.99. The molecule has 1 amide bonds. The van der Waals surface area contributed by atoms with Crippen LogP contribution in [0.15, 0.2) is 36.7 Å². The number of rotatable bonds is 3. The van der Waals surface area contributed by atoms with Gasteiger partial charge in [0.05, 0.1) is 0 Å². The van der Waals surface area contributed by atoms with Gasteiger partial charge in [-0.3, -0.25) is 9.78 Å². The van der Waals surface area contributed by atoms with Crippen molar-refractivity contribution >= 4 is 34.0 Å². The Morgan fingerprint density at radius 3 is 3.00 bits per heavy atom. The molecular weight excluding hydrogens is 224 g/mol. The number of nitrogens with one attached hydrogen (secondary N) is 1. The summed E-state index contributed by atoms with van der Waals surface area (Å²) in [5.74, 6) is 0.270. The highest BCUT2D eigenvalue weighted by molar-refractivity contribution is 6.19. The summed E-state index contributed by atoms with van der Waals surface area (Å²) in [6.07, 6.45) is 3.85. The summed E-state index contributed by atoms with van der Waals surface area (Å²) >= 11 is 5.49. The van der Waals surface area contributed by atoms with E-state index in [1.807, 2.05) is 24.3 Å². The number of amides is 1. The van der Waals surface area contributed by atoms with Crippen LogP contribution in [-0.2, 0) is 4.79 Å². The van der Waals surface area contributed by atoms with Gasteiger partial charge in [-0.2, -0.15) is 0 Å². The summed E-state index contributed by atoms with van der Waals surface area (Å²) in [5, 5.41) is 4.90. The lowest BCUT2D eigenvalue weighted by Gasteiger charge is -2.05. The molecule has 0 bridgehead atoms. The second-order valence-electron chi connectivity index (χ2n) is 3.42. The molecule has 0 unspecified atom stereocenters. The van der Waals surface area contributed by atoms with Gasteiger partial charge in [0.2, 0.25) is 5.91 Å². The zero-order valence-corrected chi connectivity index (χ0v) is 9.37. The second-order valence-corrected chi connectivity index (χ2v) is 3.80. The SMILES string of the molecule is O=C(CCCl)Nc1ccc2cnccc2c1. The molecule has 0 fully saturated rings. The van der Waals surface area contributed by atoms with Crippen LogP contribution in [0, 0.1) is 0 Å². The van der Waals surface area contributed by atoms with Gasteiger partial charge in [0.1, 0.15) is 0 Å². The summed E-state index contributed by atoms with van der Waals surface area (Å²) in [7, 11) is 0. The Bertz CT molecular complexity index is 513. The Kier molecular flexibility index (Phi) is 3.37. The normalized spacial score (nSPS) is 10.3. The van der Waals surface area contributed by atoms with Crippen molar-refractivity contribution in [2.75, 3.05) is 11.2 Å². The van der Waals surface area contributed by atoms with Gasteiger partial charge in [-0.05, 0) is 23.6 Å². The topological polar surface area (TPSA) is 42.0 Å². The van der Waals surface area contributed by atoms with E-state index in [0.717, 1.165) is 16.5 Å². The molecule has 0 spiro atoms. The smallest absolute Gasteiger partial charge is 0.225 e. The van der Waals surface area contributed by atoms with Crippen LogP contribution in [0.3, 0.4) is 0 Å². The van der Waals surface area contributed by atoms with Crippen LogP contribution in [0.1, 0.15) is 6.42 Å². The largest absolute Gasteiger partial charge is 0.326 e. The zero-order valence-electron chi connectivity index (χ0n) is 8.61. The van der Waals surface area contributed by atoms with Crippen LogP contribution in [-0.4, -0.2) is 16.8 Å². The fourth-order valence-electron chi connectivity index (χ4n) is 1.47.